The quantitative estimate of drug-likeness (QED) is 0.273. The van der Waals surface area contributed by atoms with Crippen LogP contribution in [-0.4, -0.2) is 70.9 Å². The summed E-state index contributed by atoms with van der Waals surface area (Å²) < 4.78 is 0.439. The van der Waals surface area contributed by atoms with Gasteiger partial charge in [-0.05, 0) is 0 Å². The van der Waals surface area contributed by atoms with Gasteiger partial charge in [-0.1, -0.05) is 0 Å². The molecule has 0 aromatic heterocycles. The number of rotatable bonds is 12. The Morgan fingerprint density at radius 1 is 0.583 bits per heavy atom. The Morgan fingerprint density at radius 2 is 0.944 bits per heavy atom. The van der Waals surface area contributed by atoms with Crippen molar-refractivity contribution in [3.8, 4) is 0 Å². The molecule has 3 aromatic rings. The molecular weight excluding hydrogens is 412 g/mol. The van der Waals surface area contributed by atoms with Crippen LogP contribution >= 0.6 is 0 Å². The van der Waals surface area contributed by atoms with Crippen LogP contribution in [0, 0.1) is 25.7 Å². The molecule has 36 heavy (non-hydrogen) atoms. The summed E-state index contributed by atoms with van der Waals surface area (Å²) in [6.45, 7) is 9.19. The van der Waals surface area contributed by atoms with Crippen molar-refractivity contribution >= 4 is 70.9 Å². The Bertz CT molecular complexity index is 999. The minimum atomic E-state index is 0.220. The van der Waals surface area contributed by atoms with Crippen LogP contribution in [-0.2, 0) is 18.4 Å². The molecule has 0 amide bonds. The van der Waals surface area contributed by atoms with Gasteiger partial charge in [-0.25, -0.2) is 0 Å². The molecule has 4 heteroatoms. The average Bonchev–Trinajstić information content (AvgIpc) is 2.82. The van der Waals surface area contributed by atoms with E-state index in [1.54, 1.807) is 0 Å². The fraction of sp³-hybridized carbons (Fsp3) is 0.438. The first-order valence-corrected chi connectivity index (χ1v) is 14.2. The Labute approximate surface area is 258 Å². The fourth-order valence-electron chi connectivity index (χ4n) is 5.96. The molecule has 0 saturated heterocycles. The van der Waals surface area contributed by atoms with Gasteiger partial charge in [-0.3, -0.25) is 0 Å². The summed E-state index contributed by atoms with van der Waals surface area (Å²) in [5.41, 5.74) is 8.60. The zero-order valence-corrected chi connectivity index (χ0v) is 24.3. The summed E-state index contributed by atoms with van der Waals surface area (Å²) in [7, 11) is 0. The molecule has 0 aliphatic rings. The van der Waals surface area contributed by atoms with Crippen LogP contribution in [0.15, 0.2) is 72.8 Å². The van der Waals surface area contributed by atoms with Crippen molar-refractivity contribution in [1.29, 1.82) is 0 Å². The van der Waals surface area contributed by atoms with Crippen LogP contribution in [0.4, 0.5) is 0 Å². The van der Waals surface area contributed by atoms with Gasteiger partial charge in [0.25, 0.3) is 0 Å². The summed E-state index contributed by atoms with van der Waals surface area (Å²) in [4.78, 5) is 0. The first kappa shape index (κ1) is 30.6. The van der Waals surface area contributed by atoms with Gasteiger partial charge < -0.3 is 0 Å². The van der Waals surface area contributed by atoms with Crippen molar-refractivity contribution < 1.29 is 0 Å². The second-order valence-corrected chi connectivity index (χ2v) is 13.0. The molecular formula is C32H38Li4. The minimum absolute atomic E-state index is 0.220. The third-order valence-electron chi connectivity index (χ3n) is 8.23. The standard InChI is InChI=1S/C32H38.4Li/c1-25-8-16-29(17-9-25)20-12-27(3)14-22-31-6-5-7-32(24-31)23-15-28(4)13-21-30-18-10-26(2)11-19-30;;;;/h5-11,16-19,24,27-28H,12-15,22-23H2,1-4H3;;;;. The van der Waals surface area contributed by atoms with Gasteiger partial charge in [0.05, 0.1) is 0 Å². The number of aryl methyl sites for hydroxylation is 4. The maximum absolute atomic E-state index is 2.47. The molecule has 0 radical (unpaired) electrons. The van der Waals surface area contributed by atoms with E-state index in [9.17, 15) is 0 Å². The van der Waals surface area contributed by atoms with Crippen LogP contribution in [0.5, 0.6) is 0 Å². The summed E-state index contributed by atoms with van der Waals surface area (Å²) >= 11 is 9.60. The van der Waals surface area contributed by atoms with E-state index < -0.39 is 0 Å². The zero-order chi connectivity index (χ0) is 26.3. The summed E-state index contributed by atoms with van der Waals surface area (Å²) in [5.74, 6) is 1.41. The normalized spacial score (nSPS) is 14.1. The van der Waals surface area contributed by atoms with Gasteiger partial charge in [0.1, 0.15) is 0 Å². The van der Waals surface area contributed by atoms with Crippen LogP contribution in [0.3, 0.4) is 0 Å². The number of benzene rings is 3. The molecule has 0 fully saturated rings. The van der Waals surface area contributed by atoms with Gasteiger partial charge in [0.2, 0.25) is 0 Å². The Kier molecular flexibility index (Phi) is 11.8. The van der Waals surface area contributed by atoms with E-state index in [-0.39, 0.29) is 5.52 Å². The number of hydrogen-bond acceptors (Lipinski definition) is 0. The van der Waals surface area contributed by atoms with E-state index in [0.717, 1.165) is 0 Å². The van der Waals surface area contributed by atoms with Gasteiger partial charge in [-0.15, -0.1) is 0 Å². The first-order valence-electron chi connectivity index (χ1n) is 14.2. The van der Waals surface area contributed by atoms with Crippen molar-refractivity contribution in [2.24, 2.45) is 11.8 Å². The topological polar surface area (TPSA) is 0 Å². The molecule has 0 heterocycles. The van der Waals surface area contributed by atoms with Crippen molar-refractivity contribution in [2.75, 3.05) is 0 Å². The third-order valence-corrected chi connectivity index (χ3v) is 8.23. The molecule has 0 saturated carbocycles. The molecule has 2 unspecified atom stereocenters. The van der Waals surface area contributed by atoms with Crippen LogP contribution < -0.4 is 0 Å². The van der Waals surface area contributed by atoms with E-state index in [1.165, 1.54) is 71.9 Å². The molecule has 0 aliphatic carbocycles. The Balaban J connectivity index is 1.48. The average molecular weight is 450 g/mol. The van der Waals surface area contributed by atoms with Gasteiger partial charge in [0.15, 0.2) is 0 Å². The van der Waals surface area contributed by atoms with Crippen molar-refractivity contribution in [3.05, 3.63) is 106 Å². The molecule has 170 valence electrons. The molecule has 0 bridgehead atoms. The Morgan fingerprint density at radius 3 is 1.31 bits per heavy atom. The SMILES string of the molecule is [Li][C]([Li])(CC(C)CCc1cccc(CCC(C)C[C]([Li])([Li])c2ccc(C)cc2)c1)c1ccc(C)cc1. The van der Waals surface area contributed by atoms with Crippen LogP contribution in [0.2, 0.25) is 0 Å². The van der Waals surface area contributed by atoms with E-state index in [4.69, 9.17) is 0 Å². The number of hydrogen-bond donors (Lipinski definition) is 0. The molecule has 0 N–H and O–H groups in total. The van der Waals surface area contributed by atoms with Gasteiger partial charge >= 0.3 is 261 Å². The van der Waals surface area contributed by atoms with E-state index in [2.05, 4.69) is 171 Å². The molecule has 0 spiro atoms. The second kappa shape index (κ2) is 13.9. The summed E-state index contributed by atoms with van der Waals surface area (Å²) in [6, 6.07) is 27.6. The summed E-state index contributed by atoms with van der Waals surface area (Å²) in [5, 5.41) is 0. The van der Waals surface area contributed by atoms with Crippen molar-refractivity contribution in [2.45, 2.75) is 71.7 Å². The first-order chi connectivity index (χ1) is 16.9. The molecule has 3 aromatic carbocycles. The Hall–Kier alpha value is 0.0496. The summed E-state index contributed by atoms with van der Waals surface area (Å²) in [6.07, 6.45) is 7.30. The van der Waals surface area contributed by atoms with E-state index in [1.807, 2.05) is 0 Å². The van der Waals surface area contributed by atoms with Gasteiger partial charge in [-0.2, -0.15) is 0 Å². The van der Waals surface area contributed by atoms with Crippen LogP contribution in [0.1, 0.15) is 72.9 Å². The molecule has 3 rings (SSSR count). The molecule has 0 nitrogen and oxygen atoms in total. The van der Waals surface area contributed by atoms with Crippen molar-refractivity contribution in [3.63, 3.8) is 0 Å². The predicted octanol–water partition coefficient (Wildman–Crippen LogP) is 6.60. The zero-order valence-electron chi connectivity index (χ0n) is 24.3. The van der Waals surface area contributed by atoms with Gasteiger partial charge in [0, 0.05) is 0 Å². The second-order valence-electron chi connectivity index (χ2n) is 13.0. The van der Waals surface area contributed by atoms with Crippen molar-refractivity contribution in [1.82, 2.24) is 0 Å². The monoisotopic (exact) mass is 450 g/mol. The fourth-order valence-corrected chi connectivity index (χ4v) is 5.96. The molecule has 0 aliphatic heterocycles. The maximum atomic E-state index is 2.47. The third kappa shape index (κ3) is 9.66. The van der Waals surface area contributed by atoms with Crippen LogP contribution in [0.25, 0.3) is 0 Å². The van der Waals surface area contributed by atoms with E-state index >= 15 is 0 Å². The van der Waals surface area contributed by atoms with E-state index in [0.29, 0.717) is 11.8 Å². The molecule has 2 atom stereocenters. The predicted molar refractivity (Wildman–Crippen MR) is 159 cm³/mol.